The second-order valence-corrected chi connectivity index (χ2v) is 4.33. The fourth-order valence-electron chi connectivity index (χ4n) is 2.19. The van der Waals surface area contributed by atoms with Crippen LogP contribution < -0.4 is 4.90 Å². The molecule has 0 N–H and O–H groups in total. The summed E-state index contributed by atoms with van der Waals surface area (Å²) in [6.07, 6.45) is 3.81. The maximum atomic E-state index is 5.37. The number of aromatic nitrogens is 3. The van der Waals surface area contributed by atoms with E-state index in [0.717, 1.165) is 43.5 Å². The molecule has 1 saturated heterocycles. The number of imidazole rings is 1. The van der Waals surface area contributed by atoms with Crippen LogP contribution in [0.25, 0.3) is 5.65 Å². The van der Waals surface area contributed by atoms with E-state index in [2.05, 4.69) is 26.2 Å². The summed E-state index contributed by atoms with van der Waals surface area (Å²) in [5.74, 6) is 0.965. The van der Waals surface area contributed by atoms with Crippen molar-refractivity contribution < 1.29 is 4.74 Å². The van der Waals surface area contributed by atoms with E-state index >= 15 is 0 Å². The third kappa shape index (κ3) is 1.67. The molecule has 0 amide bonds. The van der Waals surface area contributed by atoms with Crippen LogP contribution in [0.4, 0.5) is 5.82 Å². The highest BCUT2D eigenvalue weighted by Gasteiger charge is 2.17. The first-order valence-corrected chi connectivity index (χ1v) is 5.90. The monoisotopic (exact) mass is 232 g/mol. The minimum absolute atomic E-state index is 0.765. The van der Waals surface area contributed by atoms with Crippen molar-refractivity contribution in [2.45, 2.75) is 13.8 Å². The normalized spacial score (nSPS) is 16.7. The average molecular weight is 232 g/mol. The molecule has 1 aliphatic rings. The van der Waals surface area contributed by atoms with Gasteiger partial charge in [-0.1, -0.05) is 0 Å². The van der Waals surface area contributed by atoms with Gasteiger partial charge >= 0.3 is 0 Å². The minimum Gasteiger partial charge on any atom is -0.378 e. The fourth-order valence-corrected chi connectivity index (χ4v) is 2.19. The molecule has 5 heteroatoms. The van der Waals surface area contributed by atoms with Crippen LogP contribution in [-0.4, -0.2) is 40.7 Å². The smallest absolute Gasteiger partial charge is 0.180 e. The molecular weight excluding hydrogens is 216 g/mol. The van der Waals surface area contributed by atoms with Crippen molar-refractivity contribution in [3.8, 4) is 0 Å². The first-order chi connectivity index (χ1) is 8.27. The Balaban J connectivity index is 2.12. The van der Waals surface area contributed by atoms with Gasteiger partial charge in [0.25, 0.3) is 0 Å². The molecule has 3 rings (SSSR count). The van der Waals surface area contributed by atoms with Gasteiger partial charge in [0.05, 0.1) is 18.9 Å². The molecule has 1 fully saturated rings. The van der Waals surface area contributed by atoms with Gasteiger partial charge in [-0.15, -0.1) is 0 Å². The summed E-state index contributed by atoms with van der Waals surface area (Å²) in [5.41, 5.74) is 3.19. The molecule has 90 valence electrons. The summed E-state index contributed by atoms with van der Waals surface area (Å²) in [5, 5.41) is 0. The molecular formula is C12H16N4O. The minimum atomic E-state index is 0.765. The third-order valence-electron chi connectivity index (χ3n) is 3.31. The van der Waals surface area contributed by atoms with Crippen LogP contribution in [0.3, 0.4) is 0 Å². The summed E-state index contributed by atoms with van der Waals surface area (Å²) in [7, 11) is 0. The van der Waals surface area contributed by atoms with Crippen LogP contribution in [-0.2, 0) is 4.74 Å². The molecule has 17 heavy (non-hydrogen) atoms. The van der Waals surface area contributed by atoms with Crippen molar-refractivity contribution in [3.63, 3.8) is 0 Å². The Hall–Kier alpha value is -1.62. The number of aryl methyl sites for hydroxylation is 2. The number of nitrogens with zero attached hydrogens (tertiary/aromatic N) is 4. The van der Waals surface area contributed by atoms with Crippen molar-refractivity contribution >= 4 is 11.5 Å². The van der Waals surface area contributed by atoms with Crippen molar-refractivity contribution in [1.82, 2.24) is 14.4 Å². The van der Waals surface area contributed by atoms with Crippen molar-refractivity contribution in [1.29, 1.82) is 0 Å². The molecule has 5 nitrogen and oxygen atoms in total. The van der Waals surface area contributed by atoms with Gasteiger partial charge < -0.3 is 9.64 Å². The molecule has 0 saturated carbocycles. The van der Waals surface area contributed by atoms with E-state index in [1.165, 1.54) is 5.69 Å². The van der Waals surface area contributed by atoms with E-state index in [1.807, 2.05) is 19.3 Å². The Morgan fingerprint density at radius 2 is 2.00 bits per heavy atom. The summed E-state index contributed by atoms with van der Waals surface area (Å²) >= 11 is 0. The second-order valence-electron chi connectivity index (χ2n) is 4.33. The van der Waals surface area contributed by atoms with Crippen molar-refractivity contribution in [2.75, 3.05) is 31.2 Å². The van der Waals surface area contributed by atoms with Gasteiger partial charge in [-0.05, 0) is 13.8 Å². The number of ether oxygens (including phenoxy) is 1. The zero-order chi connectivity index (χ0) is 11.8. The van der Waals surface area contributed by atoms with Crippen LogP contribution in [0.2, 0.25) is 0 Å². The van der Waals surface area contributed by atoms with Crippen molar-refractivity contribution in [3.05, 3.63) is 23.8 Å². The summed E-state index contributed by atoms with van der Waals surface area (Å²) in [4.78, 5) is 11.3. The van der Waals surface area contributed by atoms with Gasteiger partial charge in [0.1, 0.15) is 0 Å². The van der Waals surface area contributed by atoms with Gasteiger partial charge in [0.2, 0.25) is 0 Å². The van der Waals surface area contributed by atoms with E-state index in [1.54, 1.807) is 0 Å². The Labute approximate surface area is 100 Å². The van der Waals surface area contributed by atoms with E-state index < -0.39 is 0 Å². The predicted molar refractivity (Wildman–Crippen MR) is 65.5 cm³/mol. The summed E-state index contributed by atoms with van der Waals surface area (Å²) < 4.78 is 7.47. The van der Waals surface area contributed by atoms with E-state index in [9.17, 15) is 0 Å². The van der Waals surface area contributed by atoms with Crippen LogP contribution in [0.1, 0.15) is 11.4 Å². The lowest BCUT2D eigenvalue weighted by molar-refractivity contribution is 0.122. The van der Waals surface area contributed by atoms with Gasteiger partial charge in [0.15, 0.2) is 11.5 Å². The van der Waals surface area contributed by atoms with E-state index in [-0.39, 0.29) is 0 Å². The number of hydrogen-bond donors (Lipinski definition) is 0. The van der Waals surface area contributed by atoms with E-state index in [4.69, 9.17) is 4.74 Å². The van der Waals surface area contributed by atoms with Crippen LogP contribution in [0.15, 0.2) is 12.4 Å². The molecule has 0 aliphatic carbocycles. The summed E-state index contributed by atoms with van der Waals surface area (Å²) in [6.45, 7) is 7.42. The van der Waals surface area contributed by atoms with Crippen LogP contribution in [0, 0.1) is 13.8 Å². The Bertz CT molecular complexity index is 543. The van der Waals surface area contributed by atoms with E-state index in [0.29, 0.717) is 0 Å². The zero-order valence-electron chi connectivity index (χ0n) is 10.2. The first kappa shape index (κ1) is 10.5. The maximum Gasteiger partial charge on any atom is 0.180 e. The Morgan fingerprint density at radius 3 is 2.76 bits per heavy atom. The van der Waals surface area contributed by atoms with Crippen LogP contribution >= 0.6 is 0 Å². The zero-order valence-corrected chi connectivity index (χ0v) is 10.2. The number of fused-ring (bicyclic) bond motifs is 1. The average Bonchev–Trinajstić information content (AvgIpc) is 2.67. The van der Waals surface area contributed by atoms with Gasteiger partial charge in [-0.25, -0.2) is 9.97 Å². The standard InChI is InChI=1S/C12H16N4O/c1-9-10(2)16-4-3-13-11(12(16)14-9)15-5-7-17-8-6-15/h3-4H,5-8H2,1-2H3. The molecule has 0 aromatic carbocycles. The van der Waals surface area contributed by atoms with Gasteiger partial charge in [-0.2, -0.15) is 0 Å². The lowest BCUT2D eigenvalue weighted by Gasteiger charge is -2.27. The maximum absolute atomic E-state index is 5.37. The SMILES string of the molecule is Cc1nc2c(N3CCOCC3)nccn2c1C. The highest BCUT2D eigenvalue weighted by atomic mass is 16.5. The molecule has 0 spiro atoms. The van der Waals surface area contributed by atoms with Crippen molar-refractivity contribution in [2.24, 2.45) is 0 Å². The lowest BCUT2D eigenvalue weighted by atomic mass is 10.4. The molecule has 3 heterocycles. The molecule has 0 bridgehead atoms. The largest absolute Gasteiger partial charge is 0.378 e. The number of hydrogen-bond acceptors (Lipinski definition) is 4. The fraction of sp³-hybridized carbons (Fsp3) is 0.500. The number of morpholine rings is 1. The number of anilines is 1. The third-order valence-corrected chi connectivity index (χ3v) is 3.31. The summed E-state index contributed by atoms with van der Waals surface area (Å²) in [6, 6.07) is 0. The number of rotatable bonds is 1. The Morgan fingerprint density at radius 1 is 1.24 bits per heavy atom. The molecule has 0 atom stereocenters. The highest BCUT2D eigenvalue weighted by Crippen LogP contribution is 2.21. The quantitative estimate of drug-likeness (QED) is 0.740. The second kappa shape index (κ2) is 4.00. The Kier molecular flexibility index (Phi) is 2.48. The van der Waals surface area contributed by atoms with Gasteiger partial charge in [-0.3, -0.25) is 4.40 Å². The molecule has 2 aromatic heterocycles. The topological polar surface area (TPSA) is 42.7 Å². The lowest BCUT2D eigenvalue weighted by Crippen LogP contribution is -2.37. The molecule has 0 radical (unpaired) electrons. The molecule has 2 aromatic rings. The molecule has 0 unspecified atom stereocenters. The first-order valence-electron chi connectivity index (χ1n) is 5.90. The highest BCUT2D eigenvalue weighted by molar-refractivity contribution is 5.65. The van der Waals surface area contributed by atoms with Gasteiger partial charge in [0, 0.05) is 31.2 Å². The van der Waals surface area contributed by atoms with Crippen LogP contribution in [0.5, 0.6) is 0 Å². The predicted octanol–water partition coefficient (Wildman–Crippen LogP) is 1.18. The molecule has 1 aliphatic heterocycles.